The van der Waals surface area contributed by atoms with Crippen LogP contribution < -0.4 is 10.3 Å². The Morgan fingerprint density at radius 3 is 2.70 bits per heavy atom. The zero-order valence-corrected chi connectivity index (χ0v) is 15.7. The predicted molar refractivity (Wildman–Crippen MR) is 105 cm³/mol. The summed E-state index contributed by atoms with van der Waals surface area (Å²) in [7, 11) is 1.72. The highest BCUT2D eigenvalue weighted by molar-refractivity contribution is 6.30. The summed E-state index contributed by atoms with van der Waals surface area (Å²) < 4.78 is 7.06. The Bertz CT molecular complexity index is 986. The van der Waals surface area contributed by atoms with Crippen LogP contribution in [0, 0.1) is 0 Å². The van der Waals surface area contributed by atoms with Gasteiger partial charge in [0.05, 0.1) is 23.8 Å². The van der Waals surface area contributed by atoms with Gasteiger partial charge in [-0.2, -0.15) is 0 Å². The molecule has 0 spiro atoms. The number of ether oxygens (including phenoxy) is 1. The van der Waals surface area contributed by atoms with Crippen molar-refractivity contribution in [1.82, 2.24) is 14.5 Å². The molecule has 0 unspecified atom stereocenters. The number of aromatic nitrogens is 2. The summed E-state index contributed by atoms with van der Waals surface area (Å²) in [6.45, 7) is 1.12. The van der Waals surface area contributed by atoms with Crippen LogP contribution in [0.4, 0.5) is 0 Å². The van der Waals surface area contributed by atoms with E-state index >= 15 is 0 Å². The Kier molecular flexibility index (Phi) is 6.08. The number of carbonyl (C=O) groups is 1. The van der Waals surface area contributed by atoms with E-state index in [1.807, 2.05) is 6.07 Å². The van der Waals surface area contributed by atoms with Crippen LogP contribution in [0.15, 0.2) is 59.7 Å². The first kappa shape index (κ1) is 18.9. The van der Waals surface area contributed by atoms with Crippen LogP contribution in [0.1, 0.15) is 6.42 Å². The molecule has 1 heterocycles. The lowest BCUT2D eigenvalue weighted by Crippen LogP contribution is -2.32. The van der Waals surface area contributed by atoms with Gasteiger partial charge in [-0.05, 0) is 36.4 Å². The van der Waals surface area contributed by atoms with Crippen molar-refractivity contribution in [2.75, 3.05) is 20.2 Å². The Morgan fingerprint density at radius 2 is 1.93 bits per heavy atom. The molecule has 1 aromatic heterocycles. The number of halogens is 1. The van der Waals surface area contributed by atoms with Crippen LogP contribution in [0.3, 0.4) is 0 Å². The maximum atomic E-state index is 12.4. The van der Waals surface area contributed by atoms with Gasteiger partial charge in [-0.3, -0.25) is 14.2 Å². The highest BCUT2D eigenvalue weighted by Crippen LogP contribution is 2.15. The third-order valence-electron chi connectivity index (χ3n) is 4.23. The number of nitrogens with zero attached hydrogens (tertiary/aromatic N) is 3. The first-order valence-electron chi connectivity index (χ1n) is 8.61. The van der Waals surface area contributed by atoms with Crippen LogP contribution in [-0.4, -0.2) is 40.6 Å². The number of carbonyl (C=O) groups excluding carboxylic acids is 1. The monoisotopic (exact) mass is 385 g/mol. The zero-order chi connectivity index (χ0) is 19.2. The molecule has 0 bridgehead atoms. The molecular weight excluding hydrogens is 366 g/mol. The average Bonchev–Trinajstić information content (AvgIpc) is 2.69. The highest BCUT2D eigenvalue weighted by Gasteiger charge is 2.10. The molecule has 0 atom stereocenters. The van der Waals surface area contributed by atoms with Gasteiger partial charge in [-0.1, -0.05) is 23.7 Å². The third kappa shape index (κ3) is 4.86. The molecular formula is C20H20ClN3O3. The maximum absolute atomic E-state index is 12.4. The van der Waals surface area contributed by atoms with E-state index < -0.39 is 0 Å². The summed E-state index contributed by atoms with van der Waals surface area (Å²) in [5.74, 6) is 0.642. The lowest BCUT2D eigenvalue weighted by molar-refractivity contribution is -0.130. The van der Waals surface area contributed by atoms with Crippen LogP contribution >= 0.6 is 11.6 Å². The number of benzene rings is 2. The van der Waals surface area contributed by atoms with Gasteiger partial charge in [0.1, 0.15) is 12.4 Å². The fourth-order valence-corrected chi connectivity index (χ4v) is 2.75. The van der Waals surface area contributed by atoms with Crippen molar-refractivity contribution in [2.45, 2.75) is 13.0 Å². The number of aryl methyl sites for hydroxylation is 1. The van der Waals surface area contributed by atoms with Crippen LogP contribution in [0.25, 0.3) is 10.9 Å². The quantitative estimate of drug-likeness (QED) is 0.627. The Morgan fingerprint density at radius 1 is 1.19 bits per heavy atom. The molecule has 7 heteroatoms. The van der Waals surface area contributed by atoms with Gasteiger partial charge < -0.3 is 9.64 Å². The van der Waals surface area contributed by atoms with Gasteiger partial charge in [0.25, 0.3) is 5.56 Å². The van der Waals surface area contributed by atoms with Gasteiger partial charge in [-0.25, -0.2) is 4.98 Å². The van der Waals surface area contributed by atoms with E-state index in [1.165, 1.54) is 10.9 Å². The molecule has 27 heavy (non-hydrogen) atoms. The molecule has 3 aromatic rings. The summed E-state index contributed by atoms with van der Waals surface area (Å²) in [4.78, 5) is 30.6. The van der Waals surface area contributed by atoms with Crippen LogP contribution in [0.5, 0.6) is 5.75 Å². The molecule has 0 fully saturated rings. The van der Waals surface area contributed by atoms with Crippen molar-refractivity contribution < 1.29 is 9.53 Å². The van der Waals surface area contributed by atoms with E-state index in [2.05, 4.69) is 4.98 Å². The number of para-hydroxylation sites is 1. The van der Waals surface area contributed by atoms with E-state index in [-0.39, 0.29) is 24.4 Å². The second kappa shape index (κ2) is 8.68. The number of rotatable bonds is 7. The number of amides is 1. The molecule has 6 nitrogen and oxygen atoms in total. The second-order valence-electron chi connectivity index (χ2n) is 6.13. The molecule has 0 saturated carbocycles. The topological polar surface area (TPSA) is 64.4 Å². The Balaban J connectivity index is 1.50. The number of likely N-dealkylation sites (N-methyl/N-ethyl adjacent to an activating group) is 1. The molecule has 3 rings (SSSR count). The lowest BCUT2D eigenvalue weighted by atomic mass is 10.2. The predicted octanol–water partition coefficient (Wildman–Crippen LogP) is 2.98. The second-order valence-corrected chi connectivity index (χ2v) is 6.56. The van der Waals surface area contributed by atoms with Crippen molar-refractivity contribution in [3.8, 4) is 5.75 Å². The zero-order valence-electron chi connectivity index (χ0n) is 15.0. The normalized spacial score (nSPS) is 10.7. The number of hydrogen-bond acceptors (Lipinski definition) is 4. The summed E-state index contributed by atoms with van der Waals surface area (Å²) >= 11 is 5.83. The molecule has 0 aliphatic rings. The average molecular weight is 386 g/mol. The van der Waals surface area contributed by atoms with E-state index in [9.17, 15) is 9.59 Å². The van der Waals surface area contributed by atoms with Crippen molar-refractivity contribution >= 4 is 28.4 Å². The smallest absolute Gasteiger partial charge is 0.261 e. The van der Waals surface area contributed by atoms with Gasteiger partial charge in [0.2, 0.25) is 5.91 Å². The van der Waals surface area contributed by atoms with E-state index in [0.29, 0.717) is 34.8 Å². The van der Waals surface area contributed by atoms with E-state index in [4.69, 9.17) is 16.3 Å². The van der Waals surface area contributed by atoms with Crippen LogP contribution in [-0.2, 0) is 11.3 Å². The molecule has 0 saturated heterocycles. The minimum absolute atomic E-state index is 0.0604. The number of fused-ring (bicyclic) bond motifs is 1. The molecule has 1 amide bonds. The standard InChI is InChI=1S/C20H20ClN3O3/c1-23(12-13-27-16-8-6-15(21)7-9-16)19(25)10-11-24-14-22-18-5-3-2-4-17(18)20(24)26/h2-9,14H,10-13H2,1H3. The van der Waals surface area contributed by atoms with Gasteiger partial charge >= 0.3 is 0 Å². The van der Waals surface area contributed by atoms with Gasteiger partial charge in [0.15, 0.2) is 0 Å². The summed E-state index contributed by atoms with van der Waals surface area (Å²) in [6.07, 6.45) is 1.71. The SMILES string of the molecule is CN(CCOc1ccc(Cl)cc1)C(=O)CCn1cnc2ccccc2c1=O. The fourth-order valence-electron chi connectivity index (χ4n) is 2.63. The first-order chi connectivity index (χ1) is 13.0. The summed E-state index contributed by atoms with van der Waals surface area (Å²) in [5, 5.41) is 1.20. The highest BCUT2D eigenvalue weighted by atomic mass is 35.5. The third-order valence-corrected chi connectivity index (χ3v) is 4.48. The minimum atomic E-state index is -0.137. The molecule has 0 N–H and O–H groups in total. The number of hydrogen-bond donors (Lipinski definition) is 0. The maximum Gasteiger partial charge on any atom is 0.261 e. The van der Waals surface area contributed by atoms with Gasteiger partial charge in [0, 0.05) is 25.0 Å². The van der Waals surface area contributed by atoms with E-state index in [1.54, 1.807) is 54.4 Å². The van der Waals surface area contributed by atoms with Crippen molar-refractivity contribution in [2.24, 2.45) is 0 Å². The largest absolute Gasteiger partial charge is 0.492 e. The van der Waals surface area contributed by atoms with Crippen molar-refractivity contribution in [3.05, 3.63) is 70.2 Å². The molecule has 0 aliphatic heterocycles. The van der Waals surface area contributed by atoms with Crippen LogP contribution in [0.2, 0.25) is 5.02 Å². The lowest BCUT2D eigenvalue weighted by Gasteiger charge is -2.18. The fraction of sp³-hybridized carbons (Fsp3) is 0.250. The summed E-state index contributed by atoms with van der Waals surface area (Å²) in [5.41, 5.74) is 0.517. The van der Waals surface area contributed by atoms with Gasteiger partial charge in [-0.15, -0.1) is 0 Å². The molecule has 2 aromatic carbocycles. The van der Waals surface area contributed by atoms with Crippen molar-refractivity contribution in [1.29, 1.82) is 0 Å². The summed E-state index contributed by atoms with van der Waals surface area (Å²) in [6, 6.07) is 14.2. The van der Waals surface area contributed by atoms with E-state index in [0.717, 1.165) is 0 Å². The Hall–Kier alpha value is -2.86. The van der Waals surface area contributed by atoms with Crippen molar-refractivity contribution in [3.63, 3.8) is 0 Å². The molecule has 140 valence electrons. The minimum Gasteiger partial charge on any atom is -0.492 e. The molecule has 0 radical (unpaired) electrons. The molecule has 0 aliphatic carbocycles. The first-order valence-corrected chi connectivity index (χ1v) is 8.99. The Labute approximate surface area is 162 Å².